The van der Waals surface area contributed by atoms with Gasteiger partial charge >= 0.3 is 0 Å². The fourth-order valence-electron chi connectivity index (χ4n) is 2.30. The molecule has 0 atom stereocenters. The topological polar surface area (TPSA) is 65.5 Å². The van der Waals surface area contributed by atoms with E-state index in [0.29, 0.717) is 30.3 Å². The van der Waals surface area contributed by atoms with Gasteiger partial charge in [0.2, 0.25) is 11.8 Å². The Kier molecular flexibility index (Phi) is 7.23. The van der Waals surface area contributed by atoms with Crippen molar-refractivity contribution in [1.29, 1.82) is 0 Å². The van der Waals surface area contributed by atoms with Crippen molar-refractivity contribution in [2.24, 2.45) is 0 Å². The van der Waals surface area contributed by atoms with E-state index >= 15 is 0 Å². The van der Waals surface area contributed by atoms with Crippen LogP contribution in [0.4, 0.5) is 15.2 Å². The summed E-state index contributed by atoms with van der Waals surface area (Å²) in [5.74, 6) is -0.430. The van der Waals surface area contributed by atoms with Gasteiger partial charge in [0.15, 0.2) is 5.13 Å². The predicted molar refractivity (Wildman–Crippen MR) is 101 cm³/mol. The fourth-order valence-corrected chi connectivity index (χ4v) is 3.19. The summed E-state index contributed by atoms with van der Waals surface area (Å²) in [6.07, 6.45) is 1.26. The van der Waals surface area contributed by atoms with Crippen molar-refractivity contribution in [2.45, 2.75) is 26.3 Å². The molecule has 0 saturated heterocycles. The first kappa shape index (κ1) is 20.0. The average Bonchev–Trinajstić information content (AvgIpc) is 3.04. The molecule has 8 heteroatoms. The van der Waals surface area contributed by atoms with E-state index in [1.165, 1.54) is 35.3 Å². The third-order valence-electron chi connectivity index (χ3n) is 3.68. The highest BCUT2D eigenvalue weighted by Crippen LogP contribution is 2.29. The molecule has 26 heavy (non-hydrogen) atoms. The molecule has 1 heterocycles. The molecule has 0 aliphatic carbocycles. The van der Waals surface area contributed by atoms with E-state index < -0.39 is 0 Å². The van der Waals surface area contributed by atoms with Crippen LogP contribution in [0.3, 0.4) is 0 Å². The van der Waals surface area contributed by atoms with E-state index in [1.54, 1.807) is 31.1 Å². The molecule has 0 aliphatic heterocycles. The second-order valence-corrected chi connectivity index (χ2v) is 6.86. The number of carbonyl (C=O) groups excluding carboxylic acids is 2. The van der Waals surface area contributed by atoms with Gasteiger partial charge in [0.25, 0.3) is 0 Å². The summed E-state index contributed by atoms with van der Waals surface area (Å²) in [6, 6.07) is 5.74. The minimum atomic E-state index is -0.353. The zero-order valence-corrected chi connectivity index (χ0v) is 16.0. The van der Waals surface area contributed by atoms with Gasteiger partial charge in [-0.3, -0.25) is 14.5 Å². The summed E-state index contributed by atoms with van der Waals surface area (Å²) in [6.45, 7) is 2.72. The van der Waals surface area contributed by atoms with Crippen molar-refractivity contribution >= 4 is 34.0 Å². The van der Waals surface area contributed by atoms with E-state index in [0.717, 1.165) is 12.1 Å². The largest absolute Gasteiger partial charge is 0.349 e. The lowest BCUT2D eigenvalue weighted by molar-refractivity contribution is -0.128. The smallest absolute Gasteiger partial charge is 0.230 e. The molecule has 0 aliphatic rings. The van der Waals surface area contributed by atoms with Crippen molar-refractivity contribution < 1.29 is 14.0 Å². The van der Waals surface area contributed by atoms with Gasteiger partial charge in [-0.2, -0.15) is 0 Å². The van der Waals surface area contributed by atoms with Crippen LogP contribution in [0.5, 0.6) is 0 Å². The van der Waals surface area contributed by atoms with Crippen molar-refractivity contribution in [3.8, 4) is 0 Å². The number of hydrogen-bond donors (Lipinski definition) is 1. The Morgan fingerprint density at radius 1 is 1.23 bits per heavy atom. The van der Waals surface area contributed by atoms with Crippen LogP contribution in [0.1, 0.15) is 25.5 Å². The number of amides is 2. The zero-order chi connectivity index (χ0) is 19.1. The molecule has 0 bridgehead atoms. The van der Waals surface area contributed by atoms with Crippen LogP contribution in [-0.2, 0) is 16.1 Å². The molecule has 0 spiro atoms. The SMILES string of the molecule is CC(=O)N(c1ccc(F)cc1)c1nc(CNCCCC(=O)N(C)C)cs1. The van der Waals surface area contributed by atoms with Crippen molar-refractivity contribution in [3.05, 3.63) is 41.2 Å². The van der Waals surface area contributed by atoms with Crippen LogP contribution < -0.4 is 10.2 Å². The first-order valence-electron chi connectivity index (χ1n) is 8.30. The van der Waals surface area contributed by atoms with E-state index in [1.807, 2.05) is 5.38 Å². The Hall–Kier alpha value is -2.32. The quantitative estimate of drug-likeness (QED) is 0.718. The van der Waals surface area contributed by atoms with Gasteiger partial charge in [-0.15, -0.1) is 11.3 Å². The van der Waals surface area contributed by atoms with E-state index in [9.17, 15) is 14.0 Å². The Morgan fingerprint density at radius 3 is 2.54 bits per heavy atom. The summed E-state index contributed by atoms with van der Waals surface area (Å²) < 4.78 is 13.1. The number of carbonyl (C=O) groups is 2. The van der Waals surface area contributed by atoms with Gasteiger partial charge < -0.3 is 10.2 Å². The molecule has 0 saturated carbocycles. The number of aromatic nitrogens is 1. The average molecular weight is 378 g/mol. The zero-order valence-electron chi connectivity index (χ0n) is 15.2. The molecule has 0 fully saturated rings. The molecular weight excluding hydrogens is 355 g/mol. The van der Waals surface area contributed by atoms with E-state index in [2.05, 4.69) is 10.3 Å². The highest BCUT2D eigenvalue weighted by atomic mass is 32.1. The molecule has 1 N–H and O–H groups in total. The van der Waals surface area contributed by atoms with Gasteiger partial charge in [-0.25, -0.2) is 9.37 Å². The highest BCUT2D eigenvalue weighted by molar-refractivity contribution is 7.14. The summed E-state index contributed by atoms with van der Waals surface area (Å²) in [5, 5.41) is 5.67. The minimum absolute atomic E-state index is 0.110. The van der Waals surface area contributed by atoms with Crippen LogP contribution in [-0.4, -0.2) is 42.3 Å². The van der Waals surface area contributed by atoms with E-state index in [4.69, 9.17) is 0 Å². The number of nitrogens with zero attached hydrogens (tertiary/aromatic N) is 3. The lowest BCUT2D eigenvalue weighted by Gasteiger charge is -2.17. The van der Waals surface area contributed by atoms with Gasteiger partial charge in [-0.1, -0.05) is 0 Å². The van der Waals surface area contributed by atoms with Crippen LogP contribution in [0.15, 0.2) is 29.6 Å². The fraction of sp³-hybridized carbons (Fsp3) is 0.389. The van der Waals surface area contributed by atoms with Crippen LogP contribution in [0.25, 0.3) is 0 Å². The molecule has 140 valence electrons. The first-order chi connectivity index (χ1) is 12.4. The maximum Gasteiger partial charge on any atom is 0.230 e. The number of anilines is 2. The predicted octanol–water partition coefficient (Wildman–Crippen LogP) is 2.92. The summed E-state index contributed by atoms with van der Waals surface area (Å²) in [5.41, 5.74) is 1.40. The van der Waals surface area contributed by atoms with Crippen LogP contribution >= 0.6 is 11.3 Å². The van der Waals surface area contributed by atoms with E-state index in [-0.39, 0.29) is 17.6 Å². The summed E-state index contributed by atoms with van der Waals surface area (Å²) in [4.78, 5) is 31.0. The van der Waals surface area contributed by atoms with Crippen molar-refractivity contribution in [1.82, 2.24) is 15.2 Å². The van der Waals surface area contributed by atoms with Crippen molar-refractivity contribution in [2.75, 3.05) is 25.5 Å². The molecule has 2 aromatic rings. The third kappa shape index (κ3) is 5.60. The molecule has 2 amide bonds. The van der Waals surface area contributed by atoms with Crippen LogP contribution in [0.2, 0.25) is 0 Å². The number of thiazole rings is 1. The standard InChI is InChI=1S/C18H23FN4O2S/c1-13(24)23(16-8-6-14(19)7-9-16)18-21-15(12-26-18)11-20-10-4-5-17(25)22(2)3/h6-9,12,20H,4-5,10-11H2,1-3H3. The monoisotopic (exact) mass is 378 g/mol. The maximum absolute atomic E-state index is 13.1. The Bertz CT molecular complexity index is 746. The Balaban J connectivity index is 1.91. The summed E-state index contributed by atoms with van der Waals surface area (Å²) in [7, 11) is 3.49. The molecule has 1 aromatic carbocycles. The second kappa shape index (κ2) is 9.40. The summed E-state index contributed by atoms with van der Waals surface area (Å²) >= 11 is 1.36. The number of hydrogen-bond acceptors (Lipinski definition) is 5. The minimum Gasteiger partial charge on any atom is -0.349 e. The Labute approximate surface area is 156 Å². The van der Waals surface area contributed by atoms with Gasteiger partial charge in [0.1, 0.15) is 5.82 Å². The van der Waals surface area contributed by atoms with Gasteiger partial charge in [0.05, 0.1) is 11.4 Å². The first-order valence-corrected chi connectivity index (χ1v) is 9.18. The highest BCUT2D eigenvalue weighted by Gasteiger charge is 2.17. The molecule has 0 radical (unpaired) electrons. The lowest BCUT2D eigenvalue weighted by atomic mass is 10.3. The molecule has 1 aromatic heterocycles. The number of benzene rings is 1. The Morgan fingerprint density at radius 2 is 1.92 bits per heavy atom. The molecule has 6 nitrogen and oxygen atoms in total. The molecule has 2 rings (SSSR count). The number of rotatable bonds is 8. The molecule has 0 unspecified atom stereocenters. The number of nitrogens with one attached hydrogen (secondary N) is 1. The van der Waals surface area contributed by atoms with Crippen molar-refractivity contribution in [3.63, 3.8) is 0 Å². The van der Waals surface area contributed by atoms with Gasteiger partial charge in [-0.05, 0) is 37.2 Å². The molecular formula is C18H23FN4O2S. The van der Waals surface area contributed by atoms with Gasteiger partial charge in [0, 0.05) is 39.4 Å². The lowest BCUT2D eigenvalue weighted by Crippen LogP contribution is -2.24. The van der Waals surface area contributed by atoms with Crippen LogP contribution in [0, 0.1) is 5.82 Å². The number of halogens is 1. The normalized spacial score (nSPS) is 10.6. The maximum atomic E-state index is 13.1. The second-order valence-electron chi connectivity index (χ2n) is 6.02. The third-order valence-corrected chi connectivity index (χ3v) is 4.55.